The molecule has 5 nitrogen and oxygen atoms in total. The third-order valence-electron chi connectivity index (χ3n) is 4.48. The summed E-state index contributed by atoms with van der Waals surface area (Å²) in [6.45, 7) is 5.47. The van der Waals surface area contributed by atoms with Gasteiger partial charge in [0, 0.05) is 4.88 Å². The van der Waals surface area contributed by atoms with Gasteiger partial charge in [0.25, 0.3) is 5.56 Å². The molecule has 1 atom stereocenters. The summed E-state index contributed by atoms with van der Waals surface area (Å²) >= 11 is 2.82. The molecule has 4 rings (SSSR count). The van der Waals surface area contributed by atoms with Crippen LogP contribution < -0.4 is 14.9 Å². The summed E-state index contributed by atoms with van der Waals surface area (Å²) in [6.07, 6.45) is 3.37. The Kier molecular flexibility index (Phi) is 5.42. The van der Waals surface area contributed by atoms with Gasteiger partial charge in [-0.1, -0.05) is 60.4 Å². The molecule has 0 spiro atoms. The minimum absolute atomic E-state index is 0.102. The van der Waals surface area contributed by atoms with Crippen LogP contribution in [0.4, 0.5) is 0 Å². The number of hydrogen-bond acceptors (Lipinski definition) is 6. The molecule has 0 N–H and O–H groups in total. The molecule has 0 aliphatic carbocycles. The second-order valence-corrected chi connectivity index (χ2v) is 8.38. The highest BCUT2D eigenvalue weighted by atomic mass is 32.1. The van der Waals surface area contributed by atoms with Crippen LogP contribution in [0.1, 0.15) is 23.4 Å². The Morgan fingerprint density at radius 1 is 1.28 bits per heavy atom. The van der Waals surface area contributed by atoms with E-state index in [9.17, 15) is 9.59 Å². The standard InChI is InChI=1S/C22H18N2O3S2/c1-3-11-27-21(26)18-14(2)23-22-24(19(18)16-10-7-12-28-16)20(25)17(29-22)13-15-8-5-4-6-9-15/h3-10,12-13,19H,1,11H2,2H3/b17-13-. The van der Waals surface area contributed by atoms with Gasteiger partial charge < -0.3 is 4.74 Å². The number of hydrogen-bond donors (Lipinski definition) is 0. The maximum atomic E-state index is 13.3. The summed E-state index contributed by atoms with van der Waals surface area (Å²) in [6, 6.07) is 12.9. The molecule has 2 aromatic heterocycles. The average Bonchev–Trinajstić information content (AvgIpc) is 3.35. The summed E-state index contributed by atoms with van der Waals surface area (Å²) in [4.78, 5) is 32.1. The Labute approximate surface area is 175 Å². The van der Waals surface area contributed by atoms with Gasteiger partial charge in [0.2, 0.25) is 0 Å². The molecule has 1 aliphatic rings. The number of thiazole rings is 1. The monoisotopic (exact) mass is 422 g/mol. The van der Waals surface area contributed by atoms with Crippen LogP contribution >= 0.6 is 22.7 Å². The second-order valence-electron chi connectivity index (χ2n) is 6.40. The van der Waals surface area contributed by atoms with Gasteiger partial charge in [-0.25, -0.2) is 9.79 Å². The summed E-state index contributed by atoms with van der Waals surface area (Å²) in [5.74, 6) is -0.484. The van der Waals surface area contributed by atoms with Gasteiger partial charge in [-0.15, -0.1) is 11.3 Å². The van der Waals surface area contributed by atoms with Crippen molar-refractivity contribution in [3.8, 4) is 0 Å². The molecule has 29 heavy (non-hydrogen) atoms. The fourth-order valence-electron chi connectivity index (χ4n) is 3.21. The number of aromatic nitrogens is 1. The third kappa shape index (κ3) is 3.66. The Morgan fingerprint density at radius 2 is 2.07 bits per heavy atom. The van der Waals surface area contributed by atoms with Gasteiger partial charge in [0.05, 0.1) is 15.8 Å². The van der Waals surface area contributed by atoms with Crippen molar-refractivity contribution in [2.24, 2.45) is 4.99 Å². The van der Waals surface area contributed by atoms with E-state index in [1.54, 1.807) is 11.5 Å². The molecule has 0 bridgehead atoms. The molecule has 0 saturated heterocycles. The van der Waals surface area contributed by atoms with Crippen LogP contribution in [-0.2, 0) is 9.53 Å². The highest BCUT2D eigenvalue weighted by Gasteiger charge is 2.33. The predicted octanol–water partition coefficient (Wildman–Crippen LogP) is 3.03. The van der Waals surface area contributed by atoms with E-state index in [0.717, 1.165) is 10.4 Å². The molecular formula is C22H18N2O3S2. The van der Waals surface area contributed by atoms with Crippen molar-refractivity contribution in [3.63, 3.8) is 0 Å². The van der Waals surface area contributed by atoms with Gasteiger partial charge in [0.1, 0.15) is 12.6 Å². The highest BCUT2D eigenvalue weighted by Crippen LogP contribution is 2.33. The maximum Gasteiger partial charge on any atom is 0.338 e. The molecule has 0 amide bonds. The lowest BCUT2D eigenvalue weighted by atomic mass is 10.0. The largest absolute Gasteiger partial charge is 0.458 e. The Balaban J connectivity index is 1.92. The highest BCUT2D eigenvalue weighted by molar-refractivity contribution is 7.10. The first-order valence-electron chi connectivity index (χ1n) is 8.99. The topological polar surface area (TPSA) is 60.7 Å². The number of esters is 1. The molecule has 3 heterocycles. The number of fused-ring (bicyclic) bond motifs is 1. The maximum absolute atomic E-state index is 13.3. The Bertz CT molecular complexity index is 1270. The first-order valence-corrected chi connectivity index (χ1v) is 10.7. The number of benzene rings is 1. The lowest BCUT2D eigenvalue weighted by Gasteiger charge is -2.23. The summed E-state index contributed by atoms with van der Waals surface area (Å²) in [7, 11) is 0. The molecule has 7 heteroatoms. The molecule has 146 valence electrons. The third-order valence-corrected chi connectivity index (χ3v) is 6.39. The molecule has 1 unspecified atom stereocenters. The number of ether oxygens (including phenoxy) is 1. The summed E-state index contributed by atoms with van der Waals surface area (Å²) in [5.41, 5.74) is 1.71. The molecule has 1 aromatic carbocycles. The molecule has 0 fully saturated rings. The van der Waals surface area contributed by atoms with Crippen LogP contribution in [0, 0.1) is 0 Å². The normalized spacial score (nSPS) is 16.3. The summed E-state index contributed by atoms with van der Waals surface area (Å²) < 4.78 is 7.47. The number of carbonyl (C=O) groups excluding carboxylic acids is 1. The average molecular weight is 423 g/mol. The van der Waals surface area contributed by atoms with E-state index in [4.69, 9.17) is 4.74 Å². The zero-order valence-corrected chi connectivity index (χ0v) is 17.3. The van der Waals surface area contributed by atoms with E-state index in [-0.39, 0.29) is 12.2 Å². The van der Waals surface area contributed by atoms with E-state index < -0.39 is 12.0 Å². The van der Waals surface area contributed by atoms with Gasteiger partial charge in [0.15, 0.2) is 4.80 Å². The molecular weight excluding hydrogens is 404 g/mol. The minimum atomic E-state index is -0.554. The predicted molar refractivity (Wildman–Crippen MR) is 116 cm³/mol. The van der Waals surface area contributed by atoms with Crippen molar-refractivity contribution in [2.45, 2.75) is 13.0 Å². The van der Waals surface area contributed by atoms with E-state index in [1.165, 1.54) is 28.7 Å². The van der Waals surface area contributed by atoms with Crippen molar-refractivity contribution >= 4 is 34.7 Å². The van der Waals surface area contributed by atoms with Crippen molar-refractivity contribution in [1.82, 2.24) is 4.57 Å². The molecule has 3 aromatic rings. The number of carbonyl (C=O) groups is 1. The lowest BCUT2D eigenvalue weighted by molar-refractivity contribution is -0.138. The zero-order valence-electron chi connectivity index (χ0n) is 15.7. The molecule has 0 radical (unpaired) electrons. The van der Waals surface area contributed by atoms with Crippen LogP contribution in [0.2, 0.25) is 0 Å². The number of thiophene rings is 1. The first-order chi connectivity index (χ1) is 14.1. The van der Waals surface area contributed by atoms with Crippen molar-refractivity contribution in [1.29, 1.82) is 0 Å². The zero-order chi connectivity index (χ0) is 20.4. The smallest absolute Gasteiger partial charge is 0.338 e. The van der Waals surface area contributed by atoms with E-state index >= 15 is 0 Å². The number of rotatable bonds is 5. The van der Waals surface area contributed by atoms with Crippen molar-refractivity contribution < 1.29 is 9.53 Å². The van der Waals surface area contributed by atoms with Crippen LogP contribution in [0.15, 0.2) is 81.6 Å². The van der Waals surface area contributed by atoms with Crippen molar-refractivity contribution in [2.75, 3.05) is 6.61 Å². The van der Waals surface area contributed by atoms with Crippen LogP contribution in [0.3, 0.4) is 0 Å². The molecule has 1 aliphatic heterocycles. The fourth-order valence-corrected chi connectivity index (χ4v) is 5.08. The Morgan fingerprint density at radius 3 is 2.76 bits per heavy atom. The van der Waals surface area contributed by atoms with Crippen LogP contribution in [0.25, 0.3) is 6.08 Å². The lowest BCUT2D eigenvalue weighted by Crippen LogP contribution is -2.39. The summed E-state index contributed by atoms with van der Waals surface area (Å²) in [5, 5.41) is 1.93. The molecule has 0 saturated carbocycles. The first kappa shape index (κ1) is 19.3. The van der Waals surface area contributed by atoms with Crippen molar-refractivity contribution in [3.05, 3.63) is 102 Å². The Hall–Kier alpha value is -3.03. The van der Waals surface area contributed by atoms with E-state index in [2.05, 4.69) is 11.6 Å². The van der Waals surface area contributed by atoms with Gasteiger partial charge in [-0.2, -0.15) is 0 Å². The minimum Gasteiger partial charge on any atom is -0.458 e. The van der Waals surface area contributed by atoms with Gasteiger partial charge in [-0.3, -0.25) is 9.36 Å². The van der Waals surface area contributed by atoms with Crippen LogP contribution in [-0.4, -0.2) is 17.1 Å². The SMILES string of the molecule is C=CCOC(=O)C1=C(C)N=c2s/c(=C\c3ccccc3)c(=O)n2C1c1cccs1. The van der Waals surface area contributed by atoms with E-state index in [0.29, 0.717) is 20.6 Å². The fraction of sp³-hybridized carbons (Fsp3) is 0.136. The quantitative estimate of drug-likeness (QED) is 0.469. The van der Waals surface area contributed by atoms with Gasteiger partial charge in [-0.05, 0) is 30.0 Å². The number of nitrogens with zero attached hydrogens (tertiary/aromatic N) is 2. The van der Waals surface area contributed by atoms with Gasteiger partial charge >= 0.3 is 5.97 Å². The van der Waals surface area contributed by atoms with Crippen LogP contribution in [0.5, 0.6) is 0 Å². The number of allylic oxidation sites excluding steroid dienone is 1. The van der Waals surface area contributed by atoms with E-state index in [1.807, 2.05) is 53.9 Å². The second kappa shape index (κ2) is 8.14.